The second-order valence-corrected chi connectivity index (χ2v) is 4.39. The van der Waals surface area contributed by atoms with Gasteiger partial charge in [0.15, 0.2) is 0 Å². The van der Waals surface area contributed by atoms with Crippen molar-refractivity contribution < 1.29 is 4.39 Å². The predicted molar refractivity (Wildman–Crippen MR) is 75.4 cm³/mol. The summed E-state index contributed by atoms with van der Waals surface area (Å²) in [6, 6.07) is 11.7. The van der Waals surface area contributed by atoms with E-state index in [1.807, 2.05) is 24.4 Å². The van der Waals surface area contributed by atoms with E-state index < -0.39 is 0 Å². The maximum atomic E-state index is 12.1. The molecule has 0 aliphatic rings. The summed E-state index contributed by atoms with van der Waals surface area (Å²) < 4.78 is 12.1. The van der Waals surface area contributed by atoms with E-state index in [0.29, 0.717) is 0 Å². The van der Waals surface area contributed by atoms with Crippen LogP contribution in [0.5, 0.6) is 0 Å². The maximum absolute atomic E-state index is 12.1. The fraction of sp³-hybridized carbons (Fsp3) is 0.125. The summed E-state index contributed by atoms with van der Waals surface area (Å²) in [4.78, 5) is 7.89. The molecule has 0 radical (unpaired) electrons. The lowest BCUT2D eigenvalue weighted by molar-refractivity contribution is 0.620. The number of nitrogens with zero attached hydrogens (tertiary/aromatic N) is 2. The Hall–Kier alpha value is -2.29. The van der Waals surface area contributed by atoms with Gasteiger partial charge in [-0.15, -0.1) is 0 Å². The summed E-state index contributed by atoms with van der Waals surface area (Å²) in [6.45, 7) is 3.86. The minimum atomic E-state index is -0.273. The number of fused-ring (bicyclic) bond motifs is 1. The second kappa shape index (κ2) is 6.05. The van der Waals surface area contributed by atoms with Crippen LogP contribution < -0.4 is 0 Å². The lowest BCUT2D eigenvalue weighted by Gasteiger charge is -1.95. The van der Waals surface area contributed by atoms with Gasteiger partial charge in [0, 0.05) is 17.8 Å². The van der Waals surface area contributed by atoms with Crippen molar-refractivity contribution in [3.63, 3.8) is 0 Å². The van der Waals surface area contributed by atoms with Crippen molar-refractivity contribution in [1.29, 1.82) is 0 Å². The van der Waals surface area contributed by atoms with Gasteiger partial charge in [0.1, 0.15) is 5.82 Å². The Balaban J connectivity index is 0.000000148. The van der Waals surface area contributed by atoms with Crippen LogP contribution in [0.4, 0.5) is 4.39 Å². The van der Waals surface area contributed by atoms with Crippen molar-refractivity contribution in [3.05, 3.63) is 71.9 Å². The van der Waals surface area contributed by atoms with Crippen molar-refractivity contribution in [1.82, 2.24) is 9.97 Å². The zero-order chi connectivity index (χ0) is 13.7. The van der Waals surface area contributed by atoms with Crippen LogP contribution in [-0.2, 0) is 0 Å². The molecule has 96 valence electrons. The molecule has 3 aromatic rings. The molecule has 3 rings (SSSR count). The summed E-state index contributed by atoms with van der Waals surface area (Å²) >= 11 is 0. The number of aromatic nitrogens is 2. The molecule has 0 bridgehead atoms. The summed E-state index contributed by atoms with van der Waals surface area (Å²) in [5.74, 6) is -0.273. The Morgan fingerprint density at radius 2 is 1.63 bits per heavy atom. The predicted octanol–water partition coefficient (Wildman–Crippen LogP) is 4.07. The average Bonchev–Trinajstić information content (AvgIpc) is 2.39. The highest BCUT2D eigenvalue weighted by atomic mass is 19.1. The molecule has 0 spiro atoms. The first-order chi connectivity index (χ1) is 9.15. The largest absolute Gasteiger partial charge is 0.261 e. The van der Waals surface area contributed by atoms with Gasteiger partial charge in [-0.25, -0.2) is 4.39 Å². The van der Waals surface area contributed by atoms with Crippen LogP contribution in [0.2, 0.25) is 0 Å². The van der Waals surface area contributed by atoms with Crippen LogP contribution in [0.1, 0.15) is 11.1 Å². The quantitative estimate of drug-likeness (QED) is 0.604. The van der Waals surface area contributed by atoms with E-state index in [9.17, 15) is 4.39 Å². The molecule has 0 aliphatic carbocycles. The molecule has 0 saturated carbocycles. The molecule has 0 amide bonds. The van der Waals surface area contributed by atoms with Gasteiger partial charge >= 0.3 is 0 Å². The number of aryl methyl sites for hydroxylation is 2. The number of pyridine rings is 2. The van der Waals surface area contributed by atoms with Gasteiger partial charge in [-0.2, -0.15) is 0 Å². The normalized spacial score (nSPS) is 9.84. The fourth-order valence-electron chi connectivity index (χ4n) is 1.70. The van der Waals surface area contributed by atoms with E-state index in [-0.39, 0.29) is 5.82 Å². The molecule has 0 saturated heterocycles. The van der Waals surface area contributed by atoms with Crippen molar-refractivity contribution in [2.75, 3.05) is 0 Å². The summed E-state index contributed by atoms with van der Waals surface area (Å²) in [5.41, 5.74) is 3.13. The molecular formula is C16H15FN2. The monoisotopic (exact) mass is 254 g/mol. The van der Waals surface area contributed by atoms with Gasteiger partial charge in [-0.1, -0.05) is 18.2 Å². The van der Waals surface area contributed by atoms with Crippen LogP contribution in [0, 0.1) is 19.7 Å². The van der Waals surface area contributed by atoms with Gasteiger partial charge in [0.2, 0.25) is 0 Å². The summed E-state index contributed by atoms with van der Waals surface area (Å²) in [6.07, 6.45) is 4.69. The molecule has 0 atom stereocenters. The highest BCUT2D eigenvalue weighted by molar-refractivity contribution is 5.78. The summed E-state index contributed by atoms with van der Waals surface area (Å²) in [5, 5.41) is 1.22. The van der Waals surface area contributed by atoms with Crippen molar-refractivity contribution in [3.8, 4) is 0 Å². The van der Waals surface area contributed by atoms with E-state index in [4.69, 9.17) is 0 Å². The van der Waals surface area contributed by atoms with Crippen LogP contribution in [0.3, 0.4) is 0 Å². The molecule has 2 aromatic heterocycles. The lowest BCUT2D eigenvalue weighted by Crippen LogP contribution is -1.78. The number of hydrogen-bond acceptors (Lipinski definition) is 2. The number of benzene rings is 1. The van der Waals surface area contributed by atoms with Crippen LogP contribution in [-0.4, -0.2) is 9.97 Å². The van der Waals surface area contributed by atoms with Crippen LogP contribution in [0.15, 0.2) is 55.0 Å². The van der Waals surface area contributed by atoms with E-state index in [0.717, 1.165) is 11.1 Å². The van der Waals surface area contributed by atoms with E-state index in [1.54, 1.807) is 13.1 Å². The van der Waals surface area contributed by atoms with Gasteiger partial charge in [0.25, 0.3) is 0 Å². The number of rotatable bonds is 0. The SMILES string of the molecule is Cc1cnc2ccccc2c1.Cc1cncc(F)c1. The third-order valence-corrected chi connectivity index (χ3v) is 2.57. The lowest BCUT2D eigenvalue weighted by atomic mass is 10.2. The standard InChI is InChI=1S/C10H9N.C6H6FN/c1-8-6-9-4-2-3-5-10(9)11-7-8;1-5-2-6(7)4-8-3-5/h2-7H,1H3;2-4H,1H3. The van der Waals surface area contributed by atoms with Crippen molar-refractivity contribution in [2.45, 2.75) is 13.8 Å². The smallest absolute Gasteiger partial charge is 0.141 e. The molecule has 2 nitrogen and oxygen atoms in total. The average molecular weight is 254 g/mol. The first kappa shape index (κ1) is 13.1. The first-order valence-corrected chi connectivity index (χ1v) is 6.04. The number of halogens is 1. The third kappa shape index (κ3) is 3.85. The third-order valence-electron chi connectivity index (χ3n) is 2.57. The van der Waals surface area contributed by atoms with E-state index in [2.05, 4.69) is 29.0 Å². The van der Waals surface area contributed by atoms with Crippen LogP contribution in [0.25, 0.3) is 10.9 Å². The Labute approximate surface area is 112 Å². The minimum Gasteiger partial charge on any atom is -0.261 e. The molecule has 1 aromatic carbocycles. The highest BCUT2D eigenvalue weighted by Crippen LogP contribution is 2.11. The fourth-order valence-corrected chi connectivity index (χ4v) is 1.70. The Kier molecular flexibility index (Phi) is 4.18. The van der Waals surface area contributed by atoms with E-state index in [1.165, 1.54) is 23.2 Å². The Morgan fingerprint density at radius 3 is 2.32 bits per heavy atom. The van der Waals surface area contributed by atoms with Crippen molar-refractivity contribution >= 4 is 10.9 Å². The molecule has 2 heterocycles. The van der Waals surface area contributed by atoms with E-state index >= 15 is 0 Å². The number of para-hydroxylation sites is 1. The molecule has 19 heavy (non-hydrogen) atoms. The topological polar surface area (TPSA) is 25.8 Å². The van der Waals surface area contributed by atoms with Crippen LogP contribution >= 0.6 is 0 Å². The molecule has 3 heteroatoms. The van der Waals surface area contributed by atoms with Gasteiger partial charge in [0.05, 0.1) is 11.7 Å². The Bertz CT molecular complexity index is 663. The number of hydrogen-bond donors (Lipinski definition) is 0. The first-order valence-electron chi connectivity index (χ1n) is 6.04. The summed E-state index contributed by atoms with van der Waals surface area (Å²) in [7, 11) is 0. The molecular weight excluding hydrogens is 239 g/mol. The Morgan fingerprint density at radius 1 is 0.895 bits per heavy atom. The zero-order valence-corrected chi connectivity index (χ0v) is 11.0. The van der Waals surface area contributed by atoms with Crippen molar-refractivity contribution in [2.24, 2.45) is 0 Å². The minimum absolute atomic E-state index is 0.273. The second-order valence-electron chi connectivity index (χ2n) is 4.39. The molecule has 0 fully saturated rings. The maximum Gasteiger partial charge on any atom is 0.141 e. The molecule has 0 N–H and O–H groups in total. The molecule has 0 aliphatic heterocycles. The molecule has 0 unspecified atom stereocenters. The zero-order valence-electron chi connectivity index (χ0n) is 11.0. The van der Waals surface area contributed by atoms with Gasteiger partial charge in [-0.05, 0) is 43.2 Å². The van der Waals surface area contributed by atoms with Gasteiger partial charge in [-0.3, -0.25) is 9.97 Å². The van der Waals surface area contributed by atoms with Gasteiger partial charge < -0.3 is 0 Å². The highest BCUT2D eigenvalue weighted by Gasteiger charge is 1.91.